The van der Waals surface area contributed by atoms with Crippen molar-refractivity contribution >= 4 is 11.8 Å². The molecular weight excluding hydrogens is 337 g/mol. The van der Waals surface area contributed by atoms with Crippen LogP contribution in [0.1, 0.15) is 30.0 Å². The molecule has 0 saturated heterocycles. The van der Waals surface area contributed by atoms with E-state index in [0.29, 0.717) is 5.75 Å². The summed E-state index contributed by atoms with van der Waals surface area (Å²) >= 11 is 1.64. The van der Waals surface area contributed by atoms with Crippen LogP contribution >= 0.6 is 11.8 Å². The molecule has 3 aromatic rings. The summed E-state index contributed by atoms with van der Waals surface area (Å²) in [5.41, 5.74) is 2.50. The van der Waals surface area contributed by atoms with E-state index in [4.69, 9.17) is 4.74 Å². The molecule has 1 unspecified atom stereocenters. The van der Waals surface area contributed by atoms with Crippen molar-refractivity contribution in [2.45, 2.75) is 30.9 Å². The highest BCUT2D eigenvalue weighted by molar-refractivity contribution is 7.98. The van der Waals surface area contributed by atoms with E-state index < -0.39 is 0 Å². The van der Waals surface area contributed by atoms with Gasteiger partial charge in [-0.05, 0) is 43.7 Å². The van der Waals surface area contributed by atoms with Crippen molar-refractivity contribution in [2.24, 2.45) is 7.05 Å². The molecule has 1 atom stereocenters. The molecular formula is C19H20FN3OS. The quantitative estimate of drug-likeness (QED) is 0.600. The standard InChI is InChI=1S/C19H20FN3OS/c1-13-4-6-15(7-5-13)12-25-19-22-21-18(23(19)3)14(2)24-17-10-8-16(20)9-11-17/h4-11,14H,12H2,1-3H3. The number of aromatic nitrogens is 3. The predicted octanol–water partition coefficient (Wildman–Crippen LogP) is 4.69. The molecule has 130 valence electrons. The molecule has 0 spiro atoms. The molecule has 6 heteroatoms. The Balaban J connectivity index is 1.65. The van der Waals surface area contributed by atoms with Gasteiger partial charge >= 0.3 is 0 Å². The first-order valence-electron chi connectivity index (χ1n) is 8.03. The number of aryl methyl sites for hydroxylation is 1. The number of halogens is 1. The predicted molar refractivity (Wildman–Crippen MR) is 97.2 cm³/mol. The smallest absolute Gasteiger partial charge is 0.191 e. The first kappa shape index (κ1) is 17.5. The number of nitrogens with zero attached hydrogens (tertiary/aromatic N) is 3. The van der Waals surface area contributed by atoms with Gasteiger partial charge in [0.25, 0.3) is 0 Å². The zero-order chi connectivity index (χ0) is 17.8. The average Bonchev–Trinajstić information content (AvgIpc) is 2.97. The van der Waals surface area contributed by atoms with Gasteiger partial charge < -0.3 is 9.30 Å². The van der Waals surface area contributed by atoms with Crippen LogP contribution in [0, 0.1) is 12.7 Å². The Morgan fingerprint density at radius 1 is 1.08 bits per heavy atom. The largest absolute Gasteiger partial charge is 0.483 e. The number of thioether (sulfide) groups is 1. The zero-order valence-corrected chi connectivity index (χ0v) is 15.3. The minimum atomic E-state index is -0.284. The molecule has 3 rings (SSSR count). The summed E-state index contributed by atoms with van der Waals surface area (Å²) in [6.07, 6.45) is -0.281. The molecule has 25 heavy (non-hydrogen) atoms. The molecule has 2 aromatic carbocycles. The second-order valence-corrected chi connectivity index (χ2v) is 6.83. The van der Waals surface area contributed by atoms with Gasteiger partial charge in [0, 0.05) is 12.8 Å². The lowest BCUT2D eigenvalue weighted by molar-refractivity contribution is 0.211. The third-order valence-electron chi connectivity index (χ3n) is 3.85. The molecule has 0 aliphatic heterocycles. The van der Waals surface area contributed by atoms with Crippen molar-refractivity contribution in [1.82, 2.24) is 14.8 Å². The molecule has 0 amide bonds. The maximum Gasteiger partial charge on any atom is 0.191 e. The first-order valence-corrected chi connectivity index (χ1v) is 9.01. The van der Waals surface area contributed by atoms with Gasteiger partial charge in [-0.25, -0.2) is 4.39 Å². The summed E-state index contributed by atoms with van der Waals surface area (Å²) in [5.74, 6) is 1.88. The molecule has 0 fully saturated rings. The molecule has 0 bridgehead atoms. The van der Waals surface area contributed by atoms with E-state index >= 15 is 0 Å². The SMILES string of the molecule is Cc1ccc(CSc2nnc(C(C)Oc3ccc(F)cc3)n2C)cc1. The molecule has 4 nitrogen and oxygen atoms in total. The van der Waals surface area contributed by atoms with E-state index in [-0.39, 0.29) is 11.9 Å². The fourth-order valence-electron chi connectivity index (χ4n) is 2.41. The minimum absolute atomic E-state index is 0.281. The van der Waals surface area contributed by atoms with Crippen LogP contribution in [0.25, 0.3) is 0 Å². The summed E-state index contributed by atoms with van der Waals surface area (Å²) in [6, 6.07) is 14.4. The zero-order valence-electron chi connectivity index (χ0n) is 14.4. The van der Waals surface area contributed by atoms with Crippen molar-refractivity contribution in [2.75, 3.05) is 0 Å². The van der Waals surface area contributed by atoms with Gasteiger partial charge in [-0.15, -0.1) is 10.2 Å². The lowest BCUT2D eigenvalue weighted by atomic mass is 10.2. The molecule has 0 aliphatic carbocycles. The van der Waals surface area contributed by atoms with Gasteiger partial charge in [0.2, 0.25) is 0 Å². The highest BCUT2D eigenvalue weighted by Crippen LogP contribution is 2.25. The van der Waals surface area contributed by atoms with Gasteiger partial charge in [0.15, 0.2) is 17.1 Å². The second kappa shape index (κ2) is 7.70. The Hall–Kier alpha value is -2.34. The maximum atomic E-state index is 13.0. The fourth-order valence-corrected chi connectivity index (χ4v) is 3.28. The molecule has 1 heterocycles. The van der Waals surface area contributed by atoms with Crippen LogP contribution in [0.2, 0.25) is 0 Å². The molecule has 0 aliphatic rings. The Bertz CT molecular complexity index is 831. The third kappa shape index (κ3) is 4.39. The van der Waals surface area contributed by atoms with E-state index in [1.165, 1.54) is 23.3 Å². The summed E-state index contributed by atoms with van der Waals surface area (Å²) < 4.78 is 20.7. The van der Waals surface area contributed by atoms with E-state index in [1.54, 1.807) is 23.9 Å². The lowest BCUT2D eigenvalue weighted by Gasteiger charge is -2.14. The van der Waals surface area contributed by atoms with Crippen LogP contribution in [-0.4, -0.2) is 14.8 Å². The number of benzene rings is 2. The van der Waals surface area contributed by atoms with Crippen LogP contribution in [0.15, 0.2) is 53.7 Å². The monoisotopic (exact) mass is 357 g/mol. The van der Waals surface area contributed by atoms with Gasteiger partial charge in [-0.2, -0.15) is 0 Å². The van der Waals surface area contributed by atoms with E-state index in [0.717, 1.165) is 16.7 Å². The van der Waals surface area contributed by atoms with Crippen LogP contribution in [0.3, 0.4) is 0 Å². The second-order valence-electron chi connectivity index (χ2n) is 5.89. The Morgan fingerprint density at radius 2 is 1.76 bits per heavy atom. The van der Waals surface area contributed by atoms with Gasteiger partial charge in [0.1, 0.15) is 11.6 Å². The van der Waals surface area contributed by atoms with Crippen LogP contribution in [-0.2, 0) is 12.8 Å². The normalized spacial score (nSPS) is 12.2. The molecule has 0 saturated carbocycles. The van der Waals surface area contributed by atoms with Crippen molar-refractivity contribution in [3.8, 4) is 5.75 Å². The molecule has 0 radical (unpaired) electrons. The van der Waals surface area contributed by atoms with Crippen molar-refractivity contribution in [1.29, 1.82) is 0 Å². The summed E-state index contributed by atoms with van der Waals surface area (Å²) in [6.45, 7) is 3.98. The third-order valence-corrected chi connectivity index (χ3v) is 4.94. The number of rotatable bonds is 6. The number of hydrogen-bond donors (Lipinski definition) is 0. The van der Waals surface area contributed by atoms with Crippen LogP contribution < -0.4 is 4.74 Å². The van der Waals surface area contributed by atoms with Crippen molar-refractivity contribution in [3.05, 3.63) is 71.3 Å². The first-order chi connectivity index (χ1) is 12.0. The summed E-state index contributed by atoms with van der Waals surface area (Å²) in [7, 11) is 1.93. The average molecular weight is 357 g/mol. The van der Waals surface area contributed by atoms with Crippen LogP contribution in [0.5, 0.6) is 5.75 Å². The fraction of sp³-hybridized carbons (Fsp3) is 0.263. The number of ether oxygens (including phenoxy) is 1. The Kier molecular flexibility index (Phi) is 5.38. The Morgan fingerprint density at radius 3 is 2.44 bits per heavy atom. The van der Waals surface area contributed by atoms with Gasteiger partial charge in [-0.1, -0.05) is 41.6 Å². The molecule has 0 N–H and O–H groups in total. The van der Waals surface area contributed by atoms with Crippen LogP contribution in [0.4, 0.5) is 4.39 Å². The van der Waals surface area contributed by atoms with Gasteiger partial charge in [0.05, 0.1) is 0 Å². The van der Waals surface area contributed by atoms with Gasteiger partial charge in [-0.3, -0.25) is 0 Å². The van der Waals surface area contributed by atoms with Crippen molar-refractivity contribution in [3.63, 3.8) is 0 Å². The number of hydrogen-bond acceptors (Lipinski definition) is 4. The molecule has 1 aromatic heterocycles. The van der Waals surface area contributed by atoms with E-state index in [9.17, 15) is 4.39 Å². The minimum Gasteiger partial charge on any atom is -0.483 e. The maximum absolute atomic E-state index is 13.0. The van der Waals surface area contributed by atoms with E-state index in [2.05, 4.69) is 41.4 Å². The Labute approximate surface area is 151 Å². The summed E-state index contributed by atoms with van der Waals surface area (Å²) in [5, 5.41) is 9.35. The highest BCUT2D eigenvalue weighted by Gasteiger charge is 2.17. The van der Waals surface area contributed by atoms with E-state index in [1.807, 2.05) is 18.5 Å². The highest BCUT2D eigenvalue weighted by atomic mass is 32.2. The van der Waals surface area contributed by atoms with Crippen molar-refractivity contribution < 1.29 is 9.13 Å². The lowest BCUT2D eigenvalue weighted by Crippen LogP contribution is -2.10. The topological polar surface area (TPSA) is 39.9 Å². The summed E-state index contributed by atoms with van der Waals surface area (Å²) in [4.78, 5) is 0.